The highest BCUT2D eigenvalue weighted by Gasteiger charge is 2.50. The van der Waals surface area contributed by atoms with Crippen LogP contribution in [0.5, 0.6) is 5.75 Å². The number of aliphatic hydroxyl groups excluding tert-OH is 1. The van der Waals surface area contributed by atoms with Crippen LogP contribution in [-0.4, -0.2) is 87.7 Å². The second kappa shape index (κ2) is 14.9. The first-order chi connectivity index (χ1) is 24.3. The number of carbonyl (C=O) groups excluding carboxylic acids is 2. The number of ether oxygens (including phenoxy) is 4. The molecule has 0 saturated carbocycles. The Hall–Kier alpha value is -4.11. The van der Waals surface area contributed by atoms with Gasteiger partial charge < -0.3 is 38.7 Å². The molecule has 13 nitrogen and oxygen atoms in total. The summed E-state index contributed by atoms with van der Waals surface area (Å²) in [6.07, 6.45) is 4.71. The van der Waals surface area contributed by atoms with Crippen LogP contribution in [0.3, 0.4) is 0 Å². The number of aliphatic hydroxyl groups is 1. The topological polar surface area (TPSA) is 150 Å². The Balaban J connectivity index is 1.17. The van der Waals surface area contributed by atoms with Gasteiger partial charge in [0, 0.05) is 41.4 Å². The summed E-state index contributed by atoms with van der Waals surface area (Å²) in [5.41, 5.74) is 2.41. The fourth-order valence-corrected chi connectivity index (χ4v) is 7.74. The van der Waals surface area contributed by atoms with Crippen molar-refractivity contribution >= 4 is 46.9 Å². The van der Waals surface area contributed by atoms with Gasteiger partial charge in [0.15, 0.2) is 18.1 Å². The minimum absolute atomic E-state index is 0.139. The molecule has 1 spiro atoms. The highest BCUT2D eigenvalue weighted by Crippen LogP contribution is 2.44. The lowest BCUT2D eigenvalue weighted by molar-refractivity contribution is -0.142. The number of benzene rings is 1. The molecule has 2 aliphatic rings. The number of aromatic nitrogens is 4. The first-order valence-electron chi connectivity index (χ1n) is 16.8. The molecule has 2 fully saturated rings. The number of fused-ring (bicyclic) bond motifs is 1. The Bertz CT molecular complexity index is 1920. The van der Waals surface area contributed by atoms with E-state index < -0.39 is 17.7 Å². The van der Waals surface area contributed by atoms with Gasteiger partial charge in [-0.1, -0.05) is 35.5 Å². The van der Waals surface area contributed by atoms with Crippen molar-refractivity contribution in [3.63, 3.8) is 0 Å². The monoisotopic (exact) mass is 738 g/mol. The molecule has 2 N–H and O–H groups in total. The number of alkyl carbamates (subject to hydrolysis) is 1. The molecule has 1 amide bonds. The van der Waals surface area contributed by atoms with E-state index >= 15 is 0 Å². The smallest absolute Gasteiger partial charge is 0.407 e. The van der Waals surface area contributed by atoms with Gasteiger partial charge >= 0.3 is 12.1 Å². The molecular weight excluding hydrogens is 696 g/mol. The number of halogens is 1. The third-order valence-electron chi connectivity index (χ3n) is 9.17. The number of pyridine rings is 1. The van der Waals surface area contributed by atoms with Crippen LogP contribution in [0.4, 0.5) is 10.6 Å². The molecule has 0 aliphatic carbocycles. The van der Waals surface area contributed by atoms with E-state index in [9.17, 15) is 14.7 Å². The number of anilines is 1. The van der Waals surface area contributed by atoms with E-state index in [1.54, 1.807) is 12.1 Å². The van der Waals surface area contributed by atoms with Crippen molar-refractivity contribution in [1.82, 2.24) is 24.7 Å². The van der Waals surface area contributed by atoms with Crippen molar-refractivity contribution in [1.29, 1.82) is 0 Å². The van der Waals surface area contributed by atoms with E-state index in [2.05, 4.69) is 15.0 Å². The van der Waals surface area contributed by atoms with E-state index in [1.807, 2.05) is 69.6 Å². The second-order valence-electron chi connectivity index (χ2n) is 13.9. The standard InChI is InChI=1S/C36H43ClN6O7S/c1-21-33(51-27-10-13-43-17-25(39-32(43)29(27)37)23-8-7-9-24(16-23)48-19-28(45)47-6)40-26(18-44)31(38-21)42-14-11-36(12-15-42)20-49-22(2)30(36)41-34(46)50-35(3,4)5/h7-10,13,16-17,22,30,44H,11-12,14-15,18-20H2,1-6H3,(H,41,46)/t22-,30+/m0/s1. The van der Waals surface area contributed by atoms with Gasteiger partial charge in [0.1, 0.15) is 22.1 Å². The molecule has 272 valence electrons. The zero-order valence-electron chi connectivity index (χ0n) is 29.6. The first-order valence-corrected chi connectivity index (χ1v) is 18.0. The van der Waals surface area contributed by atoms with Crippen LogP contribution >= 0.6 is 23.4 Å². The number of hydrogen-bond donors (Lipinski definition) is 2. The molecule has 1 aromatic carbocycles. The van der Waals surface area contributed by atoms with Crippen LogP contribution in [0.25, 0.3) is 16.9 Å². The summed E-state index contributed by atoms with van der Waals surface area (Å²) in [4.78, 5) is 41.6. The zero-order chi connectivity index (χ0) is 36.5. The summed E-state index contributed by atoms with van der Waals surface area (Å²) in [6, 6.07) is 9.00. The number of imidazole rings is 1. The van der Waals surface area contributed by atoms with Crippen LogP contribution in [-0.2, 0) is 25.6 Å². The minimum Gasteiger partial charge on any atom is -0.482 e. The maximum Gasteiger partial charge on any atom is 0.407 e. The largest absolute Gasteiger partial charge is 0.482 e. The van der Waals surface area contributed by atoms with Gasteiger partial charge in [-0.2, -0.15) is 0 Å². The quantitative estimate of drug-likeness (QED) is 0.199. The highest BCUT2D eigenvalue weighted by atomic mass is 35.5. The number of methoxy groups -OCH3 is 1. The number of nitrogens with one attached hydrogen (secondary N) is 1. The van der Waals surface area contributed by atoms with E-state index in [4.69, 9.17) is 40.8 Å². The predicted octanol–water partition coefficient (Wildman–Crippen LogP) is 5.85. The van der Waals surface area contributed by atoms with Gasteiger partial charge in [0.2, 0.25) is 0 Å². The average Bonchev–Trinajstić information content (AvgIpc) is 3.67. The molecule has 0 unspecified atom stereocenters. The number of amides is 1. The minimum atomic E-state index is -0.593. The molecule has 2 atom stereocenters. The molecular formula is C36H43ClN6O7S. The molecule has 5 heterocycles. The summed E-state index contributed by atoms with van der Waals surface area (Å²) in [6.45, 7) is 10.8. The average molecular weight is 739 g/mol. The molecule has 6 rings (SSSR count). The molecule has 4 aromatic rings. The summed E-state index contributed by atoms with van der Waals surface area (Å²) in [7, 11) is 1.31. The lowest BCUT2D eigenvalue weighted by atomic mass is 9.73. The number of carbonyl (C=O) groups is 2. The Morgan fingerprint density at radius 3 is 2.65 bits per heavy atom. The van der Waals surface area contributed by atoms with Crippen molar-refractivity contribution in [2.75, 3.05) is 38.3 Å². The van der Waals surface area contributed by atoms with E-state index in [0.717, 1.165) is 23.3 Å². The lowest BCUT2D eigenvalue weighted by Gasteiger charge is -2.43. The SMILES string of the molecule is COC(=O)COc1cccc(-c2cn3ccc(Sc4nc(CO)c(N5CCC6(CC5)CO[C@@H](C)[C@H]6NC(=O)OC(C)(C)C)nc4C)c(Cl)c3n2)c1. The molecule has 15 heteroatoms. The van der Waals surface area contributed by atoms with Crippen LogP contribution in [0, 0.1) is 12.3 Å². The summed E-state index contributed by atoms with van der Waals surface area (Å²) < 4.78 is 23.6. The van der Waals surface area contributed by atoms with Gasteiger partial charge in [-0.25, -0.2) is 24.5 Å². The molecule has 2 aliphatic heterocycles. The third-order valence-corrected chi connectivity index (χ3v) is 10.8. The van der Waals surface area contributed by atoms with Crippen molar-refractivity contribution < 1.29 is 33.6 Å². The number of hydrogen-bond acceptors (Lipinski definition) is 12. The second-order valence-corrected chi connectivity index (χ2v) is 15.3. The molecule has 51 heavy (non-hydrogen) atoms. The summed E-state index contributed by atoms with van der Waals surface area (Å²) in [5, 5.41) is 14.6. The van der Waals surface area contributed by atoms with Crippen LogP contribution < -0.4 is 15.0 Å². The molecule has 0 radical (unpaired) electrons. The van der Waals surface area contributed by atoms with Crippen molar-refractivity contribution in [3.05, 3.63) is 59.1 Å². The number of nitrogens with zero attached hydrogens (tertiary/aromatic N) is 5. The first kappa shape index (κ1) is 36.7. The van der Waals surface area contributed by atoms with Crippen LogP contribution in [0.1, 0.15) is 51.9 Å². The number of esters is 1. The van der Waals surface area contributed by atoms with Crippen molar-refractivity contribution in [2.45, 2.75) is 81.7 Å². The van der Waals surface area contributed by atoms with E-state index in [0.29, 0.717) is 64.0 Å². The van der Waals surface area contributed by atoms with Gasteiger partial charge in [0.25, 0.3) is 0 Å². The fraction of sp³-hybridized carbons (Fsp3) is 0.472. The molecule has 0 bridgehead atoms. The van der Waals surface area contributed by atoms with Gasteiger partial charge in [-0.15, -0.1) is 0 Å². The van der Waals surface area contributed by atoms with E-state index in [-0.39, 0.29) is 30.8 Å². The van der Waals surface area contributed by atoms with Crippen LogP contribution in [0.15, 0.2) is 52.6 Å². The Labute approximate surface area is 306 Å². The van der Waals surface area contributed by atoms with Gasteiger partial charge in [-0.3, -0.25) is 0 Å². The highest BCUT2D eigenvalue weighted by molar-refractivity contribution is 7.99. The number of piperidine rings is 1. The Morgan fingerprint density at radius 1 is 1.18 bits per heavy atom. The zero-order valence-corrected chi connectivity index (χ0v) is 31.1. The van der Waals surface area contributed by atoms with Crippen molar-refractivity contribution in [2.24, 2.45) is 5.41 Å². The van der Waals surface area contributed by atoms with Gasteiger partial charge in [0.05, 0.1) is 48.9 Å². The summed E-state index contributed by atoms with van der Waals surface area (Å²) in [5.74, 6) is 0.693. The molecule has 3 aromatic heterocycles. The van der Waals surface area contributed by atoms with Crippen LogP contribution in [0.2, 0.25) is 5.02 Å². The number of aryl methyl sites for hydroxylation is 1. The normalized spacial score (nSPS) is 18.6. The third kappa shape index (κ3) is 8.03. The maximum atomic E-state index is 12.7. The number of rotatable bonds is 9. The van der Waals surface area contributed by atoms with Crippen molar-refractivity contribution in [3.8, 4) is 17.0 Å². The van der Waals surface area contributed by atoms with Gasteiger partial charge in [-0.05, 0) is 65.7 Å². The Kier molecular flexibility index (Phi) is 10.7. The predicted molar refractivity (Wildman–Crippen MR) is 192 cm³/mol. The van der Waals surface area contributed by atoms with E-state index in [1.165, 1.54) is 18.9 Å². The summed E-state index contributed by atoms with van der Waals surface area (Å²) >= 11 is 8.28. The Morgan fingerprint density at radius 2 is 1.94 bits per heavy atom. The maximum absolute atomic E-state index is 12.7. The lowest BCUT2D eigenvalue weighted by Crippen LogP contribution is -2.55. The fourth-order valence-electron chi connectivity index (χ4n) is 6.56. The molecule has 2 saturated heterocycles.